The molecule has 1 amide bonds. The monoisotopic (exact) mass is 466 g/mol. The summed E-state index contributed by atoms with van der Waals surface area (Å²) in [5.74, 6) is 1.23. The molecule has 0 aliphatic rings. The van der Waals surface area contributed by atoms with Crippen LogP contribution in [-0.2, 0) is 4.79 Å². The highest BCUT2D eigenvalue weighted by atomic mass is 79.9. The van der Waals surface area contributed by atoms with Crippen molar-refractivity contribution in [3.63, 3.8) is 0 Å². The van der Waals surface area contributed by atoms with Crippen molar-refractivity contribution in [2.45, 2.75) is 12.1 Å². The molecule has 0 fully saturated rings. The van der Waals surface area contributed by atoms with Crippen LogP contribution in [-0.4, -0.2) is 34.0 Å². The molecule has 2 N–H and O–H groups in total. The number of thioether (sulfide) groups is 1. The Morgan fingerprint density at radius 2 is 2.15 bits per heavy atom. The van der Waals surface area contributed by atoms with Crippen LogP contribution in [0.15, 0.2) is 46.0 Å². The van der Waals surface area contributed by atoms with Crippen molar-refractivity contribution in [3.8, 4) is 17.1 Å². The fraction of sp³-hybridized carbons (Fsp3) is 0.167. The van der Waals surface area contributed by atoms with Gasteiger partial charge < -0.3 is 10.1 Å². The van der Waals surface area contributed by atoms with E-state index in [1.807, 2.05) is 25.1 Å². The van der Waals surface area contributed by atoms with E-state index in [0.29, 0.717) is 27.3 Å². The second kappa shape index (κ2) is 8.77. The van der Waals surface area contributed by atoms with Gasteiger partial charge in [-0.2, -0.15) is 0 Å². The van der Waals surface area contributed by atoms with Gasteiger partial charge in [-0.3, -0.25) is 9.89 Å². The number of methoxy groups -OCH3 is 1. The van der Waals surface area contributed by atoms with Crippen molar-refractivity contribution in [1.82, 2.24) is 15.2 Å². The Balaban J connectivity index is 1.64. The molecule has 3 aromatic rings. The molecular weight excluding hydrogens is 452 g/mol. The fourth-order valence-corrected chi connectivity index (χ4v) is 3.63. The molecule has 0 bridgehead atoms. The number of carbonyl (C=O) groups excluding carboxylic acids is 1. The predicted octanol–water partition coefficient (Wildman–Crippen LogP) is 4.94. The van der Waals surface area contributed by atoms with E-state index >= 15 is 0 Å². The van der Waals surface area contributed by atoms with Gasteiger partial charge in [0.2, 0.25) is 11.1 Å². The van der Waals surface area contributed by atoms with E-state index in [4.69, 9.17) is 16.3 Å². The number of aromatic nitrogens is 3. The zero-order valence-electron chi connectivity index (χ0n) is 14.5. The number of ether oxygens (including phenoxy) is 1. The molecule has 1 aromatic heterocycles. The Hall–Kier alpha value is -2.03. The molecule has 1 heterocycles. The lowest BCUT2D eigenvalue weighted by atomic mass is 10.2. The van der Waals surface area contributed by atoms with Gasteiger partial charge >= 0.3 is 0 Å². The maximum Gasteiger partial charge on any atom is 0.234 e. The maximum absolute atomic E-state index is 12.2. The maximum atomic E-state index is 12.2. The lowest BCUT2D eigenvalue weighted by Gasteiger charge is -2.08. The normalized spacial score (nSPS) is 10.7. The summed E-state index contributed by atoms with van der Waals surface area (Å²) in [6, 6.07) is 10.9. The zero-order valence-corrected chi connectivity index (χ0v) is 17.7. The standard InChI is InChI=1S/C18H16BrClN4O2S/c1-10-7-11(19)3-5-14(10)21-16(25)9-27-18-22-17(23-24-18)13-8-12(20)4-6-15(13)26-2/h3-8H,9H2,1-2H3,(H,21,25)(H,22,23,24). The van der Waals surface area contributed by atoms with Crippen LogP contribution in [0.1, 0.15) is 5.56 Å². The SMILES string of the molecule is COc1ccc(Cl)cc1-c1nc(SCC(=O)Nc2ccc(Br)cc2C)n[nH]1. The summed E-state index contributed by atoms with van der Waals surface area (Å²) in [4.78, 5) is 16.6. The molecule has 0 radical (unpaired) electrons. The molecule has 140 valence electrons. The second-order valence-electron chi connectivity index (χ2n) is 5.61. The van der Waals surface area contributed by atoms with Gasteiger partial charge in [-0.15, -0.1) is 5.10 Å². The van der Waals surface area contributed by atoms with Crippen molar-refractivity contribution >= 4 is 50.9 Å². The number of nitrogens with one attached hydrogen (secondary N) is 2. The van der Waals surface area contributed by atoms with Gasteiger partial charge in [-0.1, -0.05) is 39.3 Å². The van der Waals surface area contributed by atoms with Crippen LogP contribution in [0.5, 0.6) is 5.75 Å². The third-order valence-electron chi connectivity index (χ3n) is 3.68. The highest BCUT2D eigenvalue weighted by Gasteiger charge is 2.13. The molecule has 0 atom stereocenters. The molecule has 0 spiro atoms. The summed E-state index contributed by atoms with van der Waals surface area (Å²) in [6.07, 6.45) is 0. The van der Waals surface area contributed by atoms with E-state index in [0.717, 1.165) is 15.7 Å². The minimum Gasteiger partial charge on any atom is -0.496 e. The van der Waals surface area contributed by atoms with E-state index in [2.05, 4.69) is 36.4 Å². The summed E-state index contributed by atoms with van der Waals surface area (Å²) in [6.45, 7) is 1.94. The first-order valence-electron chi connectivity index (χ1n) is 7.91. The molecule has 0 aliphatic carbocycles. The molecular formula is C18H16BrClN4O2S. The van der Waals surface area contributed by atoms with E-state index in [-0.39, 0.29) is 11.7 Å². The van der Waals surface area contributed by atoms with Crippen molar-refractivity contribution < 1.29 is 9.53 Å². The van der Waals surface area contributed by atoms with Crippen LogP contribution in [0, 0.1) is 6.92 Å². The highest BCUT2D eigenvalue weighted by Crippen LogP contribution is 2.31. The van der Waals surface area contributed by atoms with Gasteiger partial charge in [0.05, 0.1) is 18.4 Å². The minimum atomic E-state index is -0.128. The highest BCUT2D eigenvalue weighted by molar-refractivity contribution is 9.10. The number of halogens is 2. The Morgan fingerprint density at radius 1 is 1.33 bits per heavy atom. The molecule has 6 nitrogen and oxygen atoms in total. The van der Waals surface area contributed by atoms with Crippen LogP contribution < -0.4 is 10.1 Å². The molecule has 0 unspecified atom stereocenters. The summed E-state index contributed by atoms with van der Waals surface area (Å²) < 4.78 is 6.30. The van der Waals surface area contributed by atoms with E-state index in [1.54, 1.807) is 25.3 Å². The van der Waals surface area contributed by atoms with Crippen molar-refractivity contribution in [2.24, 2.45) is 0 Å². The molecule has 0 saturated heterocycles. The number of H-pyrrole nitrogens is 1. The van der Waals surface area contributed by atoms with Crippen LogP contribution in [0.3, 0.4) is 0 Å². The van der Waals surface area contributed by atoms with Crippen molar-refractivity contribution in [3.05, 3.63) is 51.5 Å². The first kappa shape index (κ1) is 19.7. The number of anilines is 1. The number of hydrogen-bond acceptors (Lipinski definition) is 5. The Labute approximate surface area is 174 Å². The third-order valence-corrected chi connectivity index (χ3v) is 5.25. The summed E-state index contributed by atoms with van der Waals surface area (Å²) in [7, 11) is 1.58. The Morgan fingerprint density at radius 3 is 2.89 bits per heavy atom. The molecule has 0 aliphatic heterocycles. The Bertz CT molecular complexity index is 980. The number of amides is 1. The van der Waals surface area contributed by atoms with Gasteiger partial charge in [-0.05, 0) is 48.9 Å². The number of hydrogen-bond donors (Lipinski definition) is 2. The Kier molecular flexibility index (Phi) is 6.41. The predicted molar refractivity (Wildman–Crippen MR) is 112 cm³/mol. The van der Waals surface area contributed by atoms with Crippen LogP contribution in [0.2, 0.25) is 5.02 Å². The van der Waals surface area contributed by atoms with E-state index < -0.39 is 0 Å². The average molecular weight is 468 g/mol. The van der Waals surface area contributed by atoms with Gasteiger partial charge in [0, 0.05) is 15.2 Å². The summed E-state index contributed by atoms with van der Waals surface area (Å²) in [5, 5.41) is 10.9. The molecule has 3 rings (SSSR count). The fourth-order valence-electron chi connectivity index (χ4n) is 2.38. The van der Waals surface area contributed by atoms with Gasteiger partial charge in [0.1, 0.15) is 5.75 Å². The molecule has 27 heavy (non-hydrogen) atoms. The second-order valence-corrected chi connectivity index (χ2v) is 7.90. The summed E-state index contributed by atoms with van der Waals surface area (Å²) >= 11 is 10.7. The molecule has 0 saturated carbocycles. The topological polar surface area (TPSA) is 79.9 Å². The first-order chi connectivity index (χ1) is 13.0. The number of rotatable bonds is 6. The largest absolute Gasteiger partial charge is 0.496 e. The van der Waals surface area contributed by atoms with Crippen LogP contribution in [0.4, 0.5) is 5.69 Å². The smallest absolute Gasteiger partial charge is 0.234 e. The number of aromatic amines is 1. The lowest BCUT2D eigenvalue weighted by Crippen LogP contribution is -2.14. The number of nitrogens with zero attached hydrogens (tertiary/aromatic N) is 2. The number of aryl methyl sites for hydroxylation is 1. The van der Waals surface area contributed by atoms with Crippen molar-refractivity contribution in [2.75, 3.05) is 18.2 Å². The minimum absolute atomic E-state index is 0.128. The zero-order chi connectivity index (χ0) is 19.4. The average Bonchev–Trinajstić information content (AvgIpc) is 3.11. The molecule has 9 heteroatoms. The summed E-state index contributed by atoms with van der Waals surface area (Å²) in [5.41, 5.74) is 2.47. The van der Waals surface area contributed by atoms with Gasteiger partial charge in [-0.25, -0.2) is 4.98 Å². The van der Waals surface area contributed by atoms with Crippen LogP contribution in [0.25, 0.3) is 11.4 Å². The van der Waals surface area contributed by atoms with Crippen LogP contribution >= 0.6 is 39.3 Å². The van der Waals surface area contributed by atoms with E-state index in [1.165, 1.54) is 11.8 Å². The van der Waals surface area contributed by atoms with Gasteiger partial charge in [0.25, 0.3) is 0 Å². The van der Waals surface area contributed by atoms with Crippen molar-refractivity contribution in [1.29, 1.82) is 0 Å². The number of carbonyl (C=O) groups is 1. The first-order valence-corrected chi connectivity index (χ1v) is 10.1. The number of benzene rings is 2. The quantitative estimate of drug-likeness (QED) is 0.502. The third kappa shape index (κ3) is 5.03. The lowest BCUT2D eigenvalue weighted by molar-refractivity contribution is -0.113. The molecule has 2 aromatic carbocycles. The van der Waals surface area contributed by atoms with Gasteiger partial charge in [0.15, 0.2) is 5.82 Å². The van der Waals surface area contributed by atoms with E-state index in [9.17, 15) is 4.79 Å².